The molecule has 0 spiro atoms. The highest BCUT2D eigenvalue weighted by atomic mass is 16.7. The van der Waals surface area contributed by atoms with E-state index in [1.54, 1.807) is 0 Å². The second kappa shape index (κ2) is 2.69. The van der Waals surface area contributed by atoms with E-state index in [0.717, 1.165) is 0 Å². The summed E-state index contributed by atoms with van der Waals surface area (Å²) in [5, 5.41) is 8.95. The standard InChI is InChI=1S/C6H7NO4/c1-4(8)11-7-5(9)2-3-6(7)10/h2-3H2,1H3/p+1. The lowest BCUT2D eigenvalue weighted by Gasteiger charge is -1.89. The summed E-state index contributed by atoms with van der Waals surface area (Å²) in [6.45, 7) is 1.17. The molecule has 0 aliphatic carbocycles. The van der Waals surface area contributed by atoms with E-state index in [1.807, 2.05) is 0 Å². The first-order chi connectivity index (χ1) is 5.11. The zero-order valence-corrected chi connectivity index (χ0v) is 6.03. The fourth-order valence-corrected chi connectivity index (χ4v) is 0.798. The van der Waals surface area contributed by atoms with Crippen LogP contribution in [0.2, 0.25) is 0 Å². The van der Waals surface area contributed by atoms with Crippen LogP contribution in [0.15, 0.2) is 0 Å². The van der Waals surface area contributed by atoms with Crippen LogP contribution in [0.3, 0.4) is 0 Å². The van der Waals surface area contributed by atoms with Gasteiger partial charge in [-0.25, -0.2) is 9.59 Å². The summed E-state index contributed by atoms with van der Waals surface area (Å²) in [5.41, 5.74) is 0. The van der Waals surface area contributed by atoms with Crippen molar-refractivity contribution in [3.8, 4) is 0 Å². The van der Waals surface area contributed by atoms with E-state index >= 15 is 0 Å². The molecule has 1 rings (SSSR count). The van der Waals surface area contributed by atoms with Gasteiger partial charge in [0.15, 0.2) is 0 Å². The maximum atomic E-state index is 10.8. The van der Waals surface area contributed by atoms with E-state index in [1.165, 1.54) is 6.92 Å². The van der Waals surface area contributed by atoms with Crippen molar-refractivity contribution in [2.24, 2.45) is 0 Å². The summed E-state index contributed by atoms with van der Waals surface area (Å²) >= 11 is 0. The van der Waals surface area contributed by atoms with E-state index in [-0.39, 0.29) is 18.7 Å². The lowest BCUT2D eigenvalue weighted by molar-refractivity contribution is -0.693. The van der Waals surface area contributed by atoms with Crippen molar-refractivity contribution in [1.29, 1.82) is 0 Å². The number of hydroxylamine groups is 1. The molecule has 0 atom stereocenters. The van der Waals surface area contributed by atoms with Crippen molar-refractivity contribution in [2.45, 2.75) is 19.8 Å². The third-order valence-corrected chi connectivity index (χ3v) is 1.24. The van der Waals surface area contributed by atoms with Crippen LogP contribution < -0.4 is 0 Å². The Morgan fingerprint density at radius 1 is 1.64 bits per heavy atom. The third-order valence-electron chi connectivity index (χ3n) is 1.24. The molecule has 0 saturated heterocycles. The molecule has 0 unspecified atom stereocenters. The van der Waals surface area contributed by atoms with Crippen LogP contribution in [-0.4, -0.2) is 27.6 Å². The quantitative estimate of drug-likeness (QED) is 0.422. The molecule has 0 aromatic heterocycles. The Kier molecular flexibility index (Phi) is 1.89. The summed E-state index contributed by atoms with van der Waals surface area (Å²) in [7, 11) is 0. The minimum Gasteiger partial charge on any atom is -0.460 e. The fraction of sp³-hybridized carbons (Fsp3) is 0.500. The van der Waals surface area contributed by atoms with Crippen LogP contribution in [0.4, 0.5) is 0 Å². The first-order valence-corrected chi connectivity index (χ1v) is 3.17. The highest BCUT2D eigenvalue weighted by Gasteiger charge is 2.36. The Balaban J connectivity index is 2.75. The Bertz CT molecular complexity index is 243. The number of carbonyl (C=O) groups is 2. The largest absolute Gasteiger partial charge is 0.460 e. The maximum Gasteiger partial charge on any atom is 0.439 e. The van der Waals surface area contributed by atoms with Gasteiger partial charge in [-0.3, -0.25) is 0 Å². The number of carbonyl (C=O) groups excluding carboxylic acids is 2. The lowest BCUT2D eigenvalue weighted by Crippen LogP contribution is -2.22. The summed E-state index contributed by atoms with van der Waals surface area (Å²) in [5.74, 6) is -1.21. The zero-order chi connectivity index (χ0) is 8.43. The van der Waals surface area contributed by atoms with Gasteiger partial charge in [-0.2, -0.15) is 4.84 Å². The van der Waals surface area contributed by atoms with Crippen molar-refractivity contribution in [3.05, 3.63) is 0 Å². The number of nitrogens with zero attached hydrogens (tertiary/aromatic N) is 1. The van der Waals surface area contributed by atoms with Gasteiger partial charge in [0.05, 0.1) is 17.6 Å². The van der Waals surface area contributed by atoms with Gasteiger partial charge in [-0.1, -0.05) is 0 Å². The Morgan fingerprint density at radius 2 is 2.27 bits per heavy atom. The summed E-state index contributed by atoms with van der Waals surface area (Å²) in [4.78, 5) is 25.5. The fourth-order valence-electron chi connectivity index (χ4n) is 0.798. The molecule has 5 nitrogen and oxygen atoms in total. The van der Waals surface area contributed by atoms with Gasteiger partial charge in [-0.15, -0.1) is 0 Å². The highest BCUT2D eigenvalue weighted by molar-refractivity contribution is 5.86. The van der Waals surface area contributed by atoms with Crippen LogP contribution in [0.25, 0.3) is 0 Å². The Hall–Kier alpha value is -1.39. The maximum absolute atomic E-state index is 10.8. The van der Waals surface area contributed by atoms with E-state index in [0.29, 0.717) is 4.74 Å². The van der Waals surface area contributed by atoms with E-state index in [9.17, 15) is 9.59 Å². The zero-order valence-electron chi connectivity index (χ0n) is 6.03. The minimum atomic E-state index is -0.619. The van der Waals surface area contributed by atoms with E-state index < -0.39 is 11.9 Å². The molecular formula is C6H8NO4+. The number of aliphatic hydroxyl groups excluding tert-OH is 1. The van der Waals surface area contributed by atoms with Crippen LogP contribution in [-0.2, 0) is 14.4 Å². The lowest BCUT2D eigenvalue weighted by atomic mass is 10.4. The van der Waals surface area contributed by atoms with Gasteiger partial charge in [0.25, 0.3) is 0 Å². The van der Waals surface area contributed by atoms with Gasteiger partial charge in [0.1, 0.15) is 0 Å². The SMILES string of the molecule is CC(=O)O[N+]1=C(O)CCC1=O. The van der Waals surface area contributed by atoms with Crippen molar-refractivity contribution < 1.29 is 24.3 Å². The molecule has 1 amide bonds. The van der Waals surface area contributed by atoms with Gasteiger partial charge < -0.3 is 5.11 Å². The Morgan fingerprint density at radius 3 is 2.64 bits per heavy atom. The predicted octanol–water partition coefficient (Wildman–Crippen LogP) is -0.246. The molecule has 1 heterocycles. The van der Waals surface area contributed by atoms with E-state index in [4.69, 9.17) is 5.11 Å². The molecule has 0 aromatic carbocycles. The molecule has 1 aliphatic heterocycles. The molecule has 0 saturated carbocycles. The van der Waals surface area contributed by atoms with Gasteiger partial charge >= 0.3 is 17.8 Å². The molecule has 1 aliphatic rings. The van der Waals surface area contributed by atoms with E-state index in [2.05, 4.69) is 4.84 Å². The summed E-state index contributed by atoms with van der Waals surface area (Å²) in [6, 6.07) is 0. The predicted molar refractivity (Wildman–Crippen MR) is 33.9 cm³/mol. The number of aliphatic hydroxyl groups is 1. The number of rotatable bonds is 1. The molecule has 0 aromatic rings. The number of hydrogen-bond acceptors (Lipinski definition) is 3. The first-order valence-electron chi connectivity index (χ1n) is 3.17. The number of hydrogen-bond donors (Lipinski definition) is 1. The highest BCUT2D eigenvalue weighted by Crippen LogP contribution is 2.04. The van der Waals surface area contributed by atoms with Gasteiger partial charge in [0, 0.05) is 6.92 Å². The molecule has 5 heteroatoms. The molecule has 0 radical (unpaired) electrons. The van der Waals surface area contributed by atoms with Crippen molar-refractivity contribution in [3.63, 3.8) is 0 Å². The second-order valence-electron chi connectivity index (χ2n) is 2.19. The van der Waals surface area contributed by atoms with Crippen LogP contribution in [0, 0.1) is 0 Å². The van der Waals surface area contributed by atoms with Crippen LogP contribution in [0.1, 0.15) is 19.8 Å². The molecule has 60 valence electrons. The van der Waals surface area contributed by atoms with Gasteiger partial charge in [-0.05, 0) is 0 Å². The Labute approximate surface area is 62.8 Å². The normalized spacial score (nSPS) is 17.4. The number of amides is 1. The van der Waals surface area contributed by atoms with Gasteiger partial charge in [0.2, 0.25) is 0 Å². The topological polar surface area (TPSA) is 66.6 Å². The summed E-state index contributed by atoms with van der Waals surface area (Å²) in [6.07, 6.45) is 0.436. The summed E-state index contributed by atoms with van der Waals surface area (Å²) < 4.78 is 0.627. The molecule has 11 heavy (non-hydrogen) atoms. The minimum absolute atomic E-state index is 0.194. The smallest absolute Gasteiger partial charge is 0.439 e. The monoisotopic (exact) mass is 158 g/mol. The second-order valence-corrected chi connectivity index (χ2v) is 2.19. The molecule has 0 fully saturated rings. The molecular weight excluding hydrogens is 150 g/mol. The van der Waals surface area contributed by atoms with Crippen LogP contribution in [0.5, 0.6) is 0 Å². The molecule has 1 N–H and O–H groups in total. The molecule has 0 bridgehead atoms. The van der Waals surface area contributed by atoms with Crippen molar-refractivity contribution >= 4 is 17.8 Å². The van der Waals surface area contributed by atoms with Crippen molar-refractivity contribution in [2.75, 3.05) is 0 Å². The first kappa shape index (κ1) is 7.71. The average molecular weight is 158 g/mol. The van der Waals surface area contributed by atoms with Crippen molar-refractivity contribution in [1.82, 2.24) is 0 Å². The average Bonchev–Trinajstić information content (AvgIpc) is 2.18. The third kappa shape index (κ3) is 1.54. The van der Waals surface area contributed by atoms with Crippen LogP contribution >= 0.6 is 0 Å².